The Morgan fingerprint density at radius 2 is 1.53 bits per heavy atom. The highest BCUT2D eigenvalue weighted by Crippen LogP contribution is 2.11. The second-order valence-electron chi connectivity index (χ2n) is 5.75. The number of hydrogen-bond donors (Lipinski definition) is 1. The third-order valence-corrected chi connectivity index (χ3v) is 4.48. The van der Waals surface area contributed by atoms with Gasteiger partial charge < -0.3 is 15.1 Å². The summed E-state index contributed by atoms with van der Waals surface area (Å²) < 4.78 is 0. The van der Waals surface area contributed by atoms with Crippen molar-refractivity contribution >= 4 is 0 Å². The molecule has 3 nitrogen and oxygen atoms in total. The average molecular weight is 269 g/mol. The van der Waals surface area contributed by atoms with Crippen LogP contribution in [0.1, 0.15) is 52.9 Å². The Hall–Kier alpha value is -0.120. The van der Waals surface area contributed by atoms with Crippen molar-refractivity contribution in [3.05, 3.63) is 0 Å². The van der Waals surface area contributed by atoms with Crippen molar-refractivity contribution in [2.45, 2.75) is 58.9 Å². The molecule has 1 atom stereocenters. The van der Waals surface area contributed by atoms with Crippen LogP contribution in [0.15, 0.2) is 0 Å². The molecule has 0 aromatic heterocycles. The number of nitrogens with zero attached hydrogens (tertiary/aromatic N) is 2. The first-order valence-corrected chi connectivity index (χ1v) is 8.48. The van der Waals surface area contributed by atoms with E-state index < -0.39 is 0 Å². The predicted molar refractivity (Wildman–Crippen MR) is 84.8 cm³/mol. The Labute approximate surface area is 120 Å². The van der Waals surface area contributed by atoms with Crippen LogP contribution in [0, 0.1) is 0 Å². The summed E-state index contributed by atoms with van der Waals surface area (Å²) in [5.41, 5.74) is 0. The van der Waals surface area contributed by atoms with E-state index in [-0.39, 0.29) is 0 Å². The number of hydrogen-bond acceptors (Lipinski definition) is 3. The molecule has 1 rings (SSSR count). The van der Waals surface area contributed by atoms with Gasteiger partial charge in [0.05, 0.1) is 0 Å². The van der Waals surface area contributed by atoms with Gasteiger partial charge in [-0.3, -0.25) is 0 Å². The summed E-state index contributed by atoms with van der Waals surface area (Å²) in [5, 5.41) is 3.60. The molecule has 0 aliphatic carbocycles. The van der Waals surface area contributed by atoms with E-state index in [1.54, 1.807) is 0 Å². The molecule has 0 aromatic carbocycles. The number of nitrogens with one attached hydrogen (secondary N) is 1. The molecule has 1 aliphatic rings. The standard InChI is InChI=1S/C16H35N3/c1-4-18(5-2)14-9-15-19(6-3)13-8-11-16-10-7-12-17-16/h16-17H,4-15H2,1-3H3. The maximum Gasteiger partial charge on any atom is 0.00680 e. The molecule has 0 spiro atoms. The van der Waals surface area contributed by atoms with Gasteiger partial charge in [-0.25, -0.2) is 0 Å². The second-order valence-corrected chi connectivity index (χ2v) is 5.75. The molecule has 1 aliphatic heterocycles. The van der Waals surface area contributed by atoms with Crippen molar-refractivity contribution in [2.75, 3.05) is 45.8 Å². The van der Waals surface area contributed by atoms with Gasteiger partial charge in [0, 0.05) is 6.04 Å². The Morgan fingerprint density at radius 1 is 0.895 bits per heavy atom. The largest absolute Gasteiger partial charge is 0.314 e. The minimum Gasteiger partial charge on any atom is -0.314 e. The lowest BCUT2D eigenvalue weighted by Gasteiger charge is -2.23. The first-order valence-electron chi connectivity index (χ1n) is 8.48. The van der Waals surface area contributed by atoms with Crippen molar-refractivity contribution < 1.29 is 0 Å². The highest BCUT2D eigenvalue weighted by molar-refractivity contribution is 4.74. The lowest BCUT2D eigenvalue weighted by atomic mass is 10.1. The van der Waals surface area contributed by atoms with Gasteiger partial charge in [0.15, 0.2) is 0 Å². The van der Waals surface area contributed by atoms with E-state index in [1.807, 2.05) is 0 Å². The minimum absolute atomic E-state index is 0.814. The SMILES string of the molecule is CCN(CC)CCCN(CC)CCCC1CCCN1. The molecule has 114 valence electrons. The van der Waals surface area contributed by atoms with Gasteiger partial charge in [-0.2, -0.15) is 0 Å². The third kappa shape index (κ3) is 7.28. The van der Waals surface area contributed by atoms with E-state index in [2.05, 4.69) is 35.9 Å². The van der Waals surface area contributed by atoms with Crippen LogP contribution in [-0.4, -0.2) is 61.7 Å². The molecule has 1 fully saturated rings. The van der Waals surface area contributed by atoms with Gasteiger partial charge in [-0.05, 0) is 77.9 Å². The van der Waals surface area contributed by atoms with Gasteiger partial charge in [0.1, 0.15) is 0 Å². The topological polar surface area (TPSA) is 18.5 Å². The molecule has 0 bridgehead atoms. The van der Waals surface area contributed by atoms with Crippen LogP contribution in [0.25, 0.3) is 0 Å². The first kappa shape index (κ1) is 16.9. The van der Waals surface area contributed by atoms with E-state index in [0.29, 0.717) is 0 Å². The van der Waals surface area contributed by atoms with Crippen LogP contribution in [0.2, 0.25) is 0 Å². The van der Waals surface area contributed by atoms with Crippen molar-refractivity contribution in [3.63, 3.8) is 0 Å². The van der Waals surface area contributed by atoms with Crippen LogP contribution < -0.4 is 5.32 Å². The maximum absolute atomic E-state index is 3.60. The maximum atomic E-state index is 3.60. The van der Waals surface area contributed by atoms with Crippen LogP contribution in [0.5, 0.6) is 0 Å². The molecule has 3 heteroatoms. The van der Waals surface area contributed by atoms with Crippen LogP contribution >= 0.6 is 0 Å². The quantitative estimate of drug-likeness (QED) is 0.622. The highest BCUT2D eigenvalue weighted by atomic mass is 15.1. The summed E-state index contributed by atoms with van der Waals surface area (Å²) in [6.07, 6.45) is 6.82. The molecule has 0 saturated carbocycles. The summed E-state index contributed by atoms with van der Waals surface area (Å²) in [6.45, 7) is 15.5. The smallest absolute Gasteiger partial charge is 0.00680 e. The lowest BCUT2D eigenvalue weighted by molar-refractivity contribution is 0.238. The predicted octanol–water partition coefficient (Wildman–Crippen LogP) is 2.57. The molecule has 1 N–H and O–H groups in total. The molecule has 0 aromatic rings. The van der Waals surface area contributed by atoms with Crippen molar-refractivity contribution in [3.8, 4) is 0 Å². The van der Waals surface area contributed by atoms with Gasteiger partial charge >= 0.3 is 0 Å². The number of rotatable bonds is 11. The van der Waals surface area contributed by atoms with E-state index in [1.165, 1.54) is 77.9 Å². The van der Waals surface area contributed by atoms with Crippen molar-refractivity contribution in [1.29, 1.82) is 0 Å². The Kier molecular flexibility index (Phi) is 9.48. The summed E-state index contributed by atoms with van der Waals surface area (Å²) in [5.74, 6) is 0. The van der Waals surface area contributed by atoms with Gasteiger partial charge in [0.2, 0.25) is 0 Å². The molecule has 0 amide bonds. The summed E-state index contributed by atoms with van der Waals surface area (Å²) in [7, 11) is 0. The average Bonchev–Trinajstić information content (AvgIpc) is 2.95. The lowest BCUT2D eigenvalue weighted by Crippen LogP contribution is -2.31. The minimum atomic E-state index is 0.814. The van der Waals surface area contributed by atoms with Gasteiger partial charge in [-0.15, -0.1) is 0 Å². The second kappa shape index (κ2) is 10.6. The summed E-state index contributed by atoms with van der Waals surface area (Å²) >= 11 is 0. The fourth-order valence-electron chi connectivity index (χ4n) is 3.05. The highest BCUT2D eigenvalue weighted by Gasteiger charge is 2.13. The van der Waals surface area contributed by atoms with Gasteiger partial charge in [-0.1, -0.05) is 20.8 Å². The Morgan fingerprint density at radius 3 is 2.11 bits per heavy atom. The van der Waals surface area contributed by atoms with E-state index in [9.17, 15) is 0 Å². The van der Waals surface area contributed by atoms with Crippen LogP contribution in [0.4, 0.5) is 0 Å². The molecular formula is C16H35N3. The summed E-state index contributed by atoms with van der Waals surface area (Å²) in [4.78, 5) is 5.15. The molecule has 19 heavy (non-hydrogen) atoms. The zero-order valence-corrected chi connectivity index (χ0v) is 13.5. The van der Waals surface area contributed by atoms with E-state index in [0.717, 1.165) is 6.04 Å². The first-order chi connectivity index (χ1) is 9.30. The van der Waals surface area contributed by atoms with Gasteiger partial charge in [0.25, 0.3) is 0 Å². The van der Waals surface area contributed by atoms with Crippen LogP contribution in [0.3, 0.4) is 0 Å². The Bertz CT molecular complexity index is 190. The zero-order chi connectivity index (χ0) is 13.9. The van der Waals surface area contributed by atoms with E-state index >= 15 is 0 Å². The molecule has 1 unspecified atom stereocenters. The monoisotopic (exact) mass is 269 g/mol. The molecule has 0 radical (unpaired) electrons. The Balaban J connectivity index is 2.04. The van der Waals surface area contributed by atoms with Crippen molar-refractivity contribution in [2.24, 2.45) is 0 Å². The zero-order valence-electron chi connectivity index (χ0n) is 13.5. The third-order valence-electron chi connectivity index (χ3n) is 4.48. The fraction of sp³-hybridized carbons (Fsp3) is 1.00. The van der Waals surface area contributed by atoms with E-state index in [4.69, 9.17) is 0 Å². The molecule has 1 heterocycles. The molecule has 1 saturated heterocycles. The van der Waals surface area contributed by atoms with Crippen LogP contribution in [-0.2, 0) is 0 Å². The summed E-state index contributed by atoms with van der Waals surface area (Å²) in [6, 6.07) is 0.814. The fourth-order valence-corrected chi connectivity index (χ4v) is 3.05. The van der Waals surface area contributed by atoms with Crippen molar-refractivity contribution in [1.82, 2.24) is 15.1 Å². The normalized spacial score (nSPS) is 19.7. The molecular weight excluding hydrogens is 234 g/mol.